The van der Waals surface area contributed by atoms with E-state index >= 15 is 0 Å². The molecule has 12 nitrogen and oxygen atoms in total. The number of carbonyl (C=O) groups is 4. The van der Waals surface area contributed by atoms with E-state index in [9.17, 15) is 33.1 Å². The molecule has 1 aliphatic carbocycles. The Morgan fingerprint density at radius 2 is 1.58 bits per heavy atom. The zero-order valence-electron chi connectivity index (χ0n) is 28.3. The van der Waals surface area contributed by atoms with E-state index in [4.69, 9.17) is 4.74 Å². The monoisotopic (exact) mass is 680 g/mol. The minimum absolute atomic E-state index is 0.0162. The van der Waals surface area contributed by atoms with Gasteiger partial charge in [-0.2, -0.15) is 0 Å². The third-order valence-electron chi connectivity index (χ3n) is 11.9. The van der Waals surface area contributed by atoms with Crippen molar-refractivity contribution < 1.29 is 37.8 Å². The number of morpholine rings is 1. The van der Waals surface area contributed by atoms with Crippen LogP contribution in [0.15, 0.2) is 0 Å². The molecule has 14 heteroatoms. The van der Waals surface area contributed by atoms with Crippen LogP contribution in [0.1, 0.15) is 77.6 Å². The van der Waals surface area contributed by atoms with Crippen molar-refractivity contribution >= 4 is 23.6 Å². The second kappa shape index (κ2) is 15.2. The summed E-state index contributed by atoms with van der Waals surface area (Å²) in [5.41, 5.74) is 0. The quantitative estimate of drug-likeness (QED) is 0.400. The van der Waals surface area contributed by atoms with E-state index in [2.05, 4.69) is 15.5 Å². The average molecular weight is 681 g/mol. The zero-order chi connectivity index (χ0) is 34.0. The molecule has 0 radical (unpaired) electrons. The number of nitrogens with zero attached hydrogens (tertiary/aromatic N) is 4. The van der Waals surface area contributed by atoms with Crippen LogP contribution in [-0.4, -0.2) is 150 Å². The first-order chi connectivity index (χ1) is 23.0. The van der Waals surface area contributed by atoms with Crippen molar-refractivity contribution in [3.05, 3.63) is 0 Å². The van der Waals surface area contributed by atoms with Crippen molar-refractivity contribution in [3.63, 3.8) is 0 Å². The van der Waals surface area contributed by atoms with E-state index in [0.717, 1.165) is 0 Å². The van der Waals surface area contributed by atoms with E-state index in [-0.39, 0.29) is 79.3 Å². The van der Waals surface area contributed by atoms with E-state index in [0.29, 0.717) is 104 Å². The molecule has 0 aromatic carbocycles. The smallest absolute Gasteiger partial charge is 0.248 e. The van der Waals surface area contributed by atoms with Gasteiger partial charge in [-0.05, 0) is 57.3 Å². The molecule has 6 atom stereocenters. The molecule has 48 heavy (non-hydrogen) atoms. The van der Waals surface area contributed by atoms with Crippen LogP contribution in [0.5, 0.6) is 0 Å². The van der Waals surface area contributed by atoms with Gasteiger partial charge >= 0.3 is 0 Å². The predicted molar refractivity (Wildman–Crippen MR) is 172 cm³/mol. The van der Waals surface area contributed by atoms with Gasteiger partial charge in [0.25, 0.3) is 0 Å². The first kappa shape index (κ1) is 35.4. The van der Waals surface area contributed by atoms with Crippen molar-refractivity contribution in [2.45, 2.75) is 120 Å². The van der Waals surface area contributed by atoms with Gasteiger partial charge in [0.15, 0.2) is 0 Å². The first-order valence-corrected chi connectivity index (χ1v) is 18.2. The number of amides is 4. The highest BCUT2D eigenvalue weighted by molar-refractivity contribution is 5.83. The Balaban J connectivity index is 1.16. The number of aliphatic hydroxyl groups is 1. The molecule has 7 rings (SSSR count). The number of ether oxygens (including phenoxy) is 1. The van der Waals surface area contributed by atoms with E-state index in [1.165, 1.54) is 0 Å². The topological polar surface area (TPSA) is 135 Å². The Labute approximate surface area is 282 Å². The highest BCUT2D eigenvalue weighted by Crippen LogP contribution is 2.35. The van der Waals surface area contributed by atoms with Crippen molar-refractivity contribution in [2.75, 3.05) is 59.0 Å². The Morgan fingerprint density at radius 3 is 2.29 bits per heavy atom. The Bertz CT molecular complexity index is 1170. The van der Waals surface area contributed by atoms with E-state index in [1.807, 2.05) is 9.80 Å². The molecular weight excluding hydrogens is 626 g/mol. The number of hydrogen-bond donors (Lipinski definition) is 3. The van der Waals surface area contributed by atoms with Crippen LogP contribution in [0.2, 0.25) is 0 Å². The number of aliphatic hydroxyl groups excluding tert-OH is 1. The number of alkyl halides is 2. The molecule has 0 aromatic heterocycles. The van der Waals surface area contributed by atoms with Gasteiger partial charge in [-0.15, -0.1) is 0 Å². The molecule has 6 saturated heterocycles. The number of nitrogens with one attached hydrogen (secondary N) is 2. The molecule has 0 unspecified atom stereocenters. The fraction of sp³-hybridized carbons (Fsp3) is 0.882. The maximum Gasteiger partial charge on any atom is 0.248 e. The minimum Gasteiger partial charge on any atom is -0.390 e. The summed E-state index contributed by atoms with van der Waals surface area (Å²) >= 11 is 0. The summed E-state index contributed by atoms with van der Waals surface area (Å²) in [6.07, 6.45) is 2.45. The molecule has 0 aromatic rings. The average Bonchev–Trinajstić information content (AvgIpc) is 3.50. The summed E-state index contributed by atoms with van der Waals surface area (Å²) in [5, 5.41) is 17.6. The molecule has 3 N–H and O–H groups in total. The van der Waals surface area contributed by atoms with Gasteiger partial charge in [0.2, 0.25) is 29.6 Å². The molecule has 6 aliphatic heterocycles. The summed E-state index contributed by atoms with van der Waals surface area (Å²) in [6.45, 7) is 6.43. The number of piperidine rings is 2. The predicted octanol–water partition coefficient (Wildman–Crippen LogP) is 0.961. The molecule has 7 aliphatic rings. The Kier molecular flexibility index (Phi) is 11.2. The lowest BCUT2D eigenvalue weighted by Gasteiger charge is -2.41. The molecule has 6 heterocycles. The van der Waals surface area contributed by atoms with Crippen LogP contribution in [0.4, 0.5) is 8.78 Å². The fourth-order valence-corrected chi connectivity index (χ4v) is 8.86. The summed E-state index contributed by atoms with van der Waals surface area (Å²) in [4.78, 5) is 61.8. The largest absolute Gasteiger partial charge is 0.390 e. The number of rotatable bonds is 4. The van der Waals surface area contributed by atoms with Gasteiger partial charge in [-0.3, -0.25) is 24.1 Å². The molecule has 270 valence electrons. The van der Waals surface area contributed by atoms with Gasteiger partial charge in [0, 0.05) is 89.6 Å². The zero-order valence-corrected chi connectivity index (χ0v) is 28.3. The van der Waals surface area contributed by atoms with Crippen LogP contribution < -0.4 is 10.6 Å². The van der Waals surface area contributed by atoms with Crippen LogP contribution in [0.25, 0.3) is 0 Å². The molecule has 4 bridgehead atoms. The normalized spacial score (nSPS) is 35.0. The maximum atomic E-state index is 13.8. The lowest BCUT2D eigenvalue weighted by atomic mass is 9.80. The summed E-state index contributed by atoms with van der Waals surface area (Å²) < 4.78 is 33.0. The molecular formula is C34H54F2N6O6. The summed E-state index contributed by atoms with van der Waals surface area (Å²) in [5.74, 6) is -3.15. The van der Waals surface area contributed by atoms with Crippen LogP contribution >= 0.6 is 0 Å². The van der Waals surface area contributed by atoms with Gasteiger partial charge in [-0.25, -0.2) is 8.78 Å². The van der Waals surface area contributed by atoms with Crippen molar-refractivity contribution in [2.24, 2.45) is 11.8 Å². The maximum absolute atomic E-state index is 13.8. The molecule has 1 saturated carbocycles. The van der Waals surface area contributed by atoms with E-state index in [1.54, 1.807) is 11.8 Å². The highest BCUT2D eigenvalue weighted by atomic mass is 19.3. The number of carbonyl (C=O) groups excluding carboxylic acids is 4. The third-order valence-corrected chi connectivity index (χ3v) is 11.9. The summed E-state index contributed by atoms with van der Waals surface area (Å²) in [7, 11) is 0. The first-order valence-electron chi connectivity index (χ1n) is 18.2. The van der Waals surface area contributed by atoms with Crippen LogP contribution in [0.3, 0.4) is 0 Å². The van der Waals surface area contributed by atoms with Crippen LogP contribution in [-0.2, 0) is 23.9 Å². The molecule has 4 amide bonds. The second-order valence-corrected chi connectivity index (χ2v) is 15.2. The van der Waals surface area contributed by atoms with Crippen molar-refractivity contribution in [1.29, 1.82) is 0 Å². The van der Waals surface area contributed by atoms with Gasteiger partial charge in [-0.1, -0.05) is 0 Å². The molecule has 7 fully saturated rings. The molecule has 0 spiro atoms. The van der Waals surface area contributed by atoms with Crippen LogP contribution in [0, 0.1) is 11.8 Å². The van der Waals surface area contributed by atoms with Gasteiger partial charge in [0.1, 0.15) is 0 Å². The Hall–Kier alpha value is -2.42. The minimum atomic E-state index is -2.61. The SMILES string of the molecule is C[C@@H]1NC(=O)[C@@H]2C[C@H](NC3CCC(F)(F)CC3)CN2C2CCN(CC2)C(=O)C[C@H]2CN(CC[C@H]2CC(=O)N2CCOCC2)C(=O)C[C@@H]1O. The second-order valence-electron chi connectivity index (χ2n) is 15.2. The Morgan fingerprint density at radius 1 is 0.917 bits per heavy atom. The summed E-state index contributed by atoms with van der Waals surface area (Å²) in [6, 6.07) is -1.09. The van der Waals surface area contributed by atoms with Crippen molar-refractivity contribution in [3.8, 4) is 0 Å². The highest BCUT2D eigenvalue weighted by Gasteiger charge is 2.44. The number of fused-ring (bicyclic) bond motifs is 8. The lowest BCUT2D eigenvalue weighted by molar-refractivity contribution is -0.142. The number of halogens is 2. The van der Waals surface area contributed by atoms with Gasteiger partial charge < -0.3 is 35.2 Å². The standard InChI is InChI=1S/C34H54F2N6O6/c1-22-29(43)19-32(46)41-9-4-23(16-30(44)40-12-14-48-15-13-40)24(20-41)17-31(45)39-10-5-27(6-11-39)42-21-26(18-28(42)33(47)37-22)38-25-2-7-34(35,36)8-3-25/h22-29,38,43H,2-21H2,1H3,(H,37,47)/t22-,23-,24-,26-,28-,29-/m0/s1. The lowest BCUT2D eigenvalue weighted by Crippen LogP contribution is -2.54. The van der Waals surface area contributed by atoms with E-state index < -0.39 is 24.1 Å². The third kappa shape index (κ3) is 8.47. The number of hydrogen-bond acceptors (Lipinski definition) is 8. The van der Waals surface area contributed by atoms with Gasteiger partial charge in [0.05, 0.1) is 37.8 Å². The fourth-order valence-electron chi connectivity index (χ4n) is 8.86. The van der Waals surface area contributed by atoms with Crippen molar-refractivity contribution in [1.82, 2.24) is 30.2 Å².